The van der Waals surface area contributed by atoms with Gasteiger partial charge in [-0.1, -0.05) is 12.1 Å². The summed E-state index contributed by atoms with van der Waals surface area (Å²) in [5.41, 5.74) is 0.871. The SMILES string of the molecule is CC(NC(=O)c1ccc(-n2cncn2)nc1)C(O)c1ccc(F)cc1. The molecule has 0 aliphatic heterocycles. The molecule has 1 aromatic carbocycles. The Bertz CT molecular complexity index is 834. The molecule has 0 aliphatic rings. The highest BCUT2D eigenvalue weighted by Crippen LogP contribution is 2.17. The van der Waals surface area contributed by atoms with Gasteiger partial charge in [-0.15, -0.1) is 0 Å². The lowest BCUT2D eigenvalue weighted by Gasteiger charge is -2.20. The second-order valence-corrected chi connectivity index (χ2v) is 5.50. The number of hydrogen-bond donors (Lipinski definition) is 2. The van der Waals surface area contributed by atoms with Crippen LogP contribution in [0, 0.1) is 5.82 Å². The summed E-state index contributed by atoms with van der Waals surface area (Å²) in [5, 5.41) is 16.9. The van der Waals surface area contributed by atoms with Crippen molar-refractivity contribution in [3.05, 3.63) is 72.2 Å². The first-order chi connectivity index (χ1) is 12.0. The Labute approximate surface area is 143 Å². The van der Waals surface area contributed by atoms with E-state index in [1.54, 1.807) is 19.1 Å². The molecule has 0 saturated heterocycles. The lowest BCUT2D eigenvalue weighted by molar-refractivity contribution is 0.0851. The highest BCUT2D eigenvalue weighted by Gasteiger charge is 2.19. The summed E-state index contributed by atoms with van der Waals surface area (Å²) in [6.07, 6.45) is 3.36. The van der Waals surface area contributed by atoms with Gasteiger partial charge in [-0.2, -0.15) is 5.10 Å². The quantitative estimate of drug-likeness (QED) is 0.736. The second kappa shape index (κ2) is 7.18. The summed E-state index contributed by atoms with van der Waals surface area (Å²) in [4.78, 5) is 20.3. The van der Waals surface area contributed by atoms with Crippen LogP contribution in [0.3, 0.4) is 0 Å². The molecular formula is C17H16FN5O2. The predicted molar refractivity (Wildman–Crippen MR) is 87.4 cm³/mol. The number of amides is 1. The van der Waals surface area contributed by atoms with Crippen molar-refractivity contribution in [2.24, 2.45) is 0 Å². The molecule has 2 unspecified atom stereocenters. The Kier molecular flexibility index (Phi) is 4.80. The van der Waals surface area contributed by atoms with Gasteiger partial charge in [-0.3, -0.25) is 4.79 Å². The molecule has 3 aromatic rings. The van der Waals surface area contributed by atoms with Gasteiger partial charge in [0.05, 0.1) is 17.7 Å². The molecule has 8 heteroatoms. The Balaban J connectivity index is 1.65. The number of carbonyl (C=O) groups excluding carboxylic acids is 1. The van der Waals surface area contributed by atoms with Crippen molar-refractivity contribution in [2.75, 3.05) is 0 Å². The molecule has 1 amide bonds. The minimum Gasteiger partial charge on any atom is -0.386 e. The number of nitrogens with one attached hydrogen (secondary N) is 1. The summed E-state index contributed by atoms with van der Waals surface area (Å²) < 4.78 is 14.4. The third kappa shape index (κ3) is 3.86. The van der Waals surface area contributed by atoms with Gasteiger partial charge in [0.1, 0.15) is 18.5 Å². The van der Waals surface area contributed by atoms with Gasteiger partial charge in [0, 0.05) is 6.20 Å². The van der Waals surface area contributed by atoms with Crippen LogP contribution in [-0.4, -0.2) is 36.8 Å². The molecule has 2 atom stereocenters. The molecule has 0 radical (unpaired) electrons. The molecule has 3 rings (SSSR count). The summed E-state index contributed by atoms with van der Waals surface area (Å²) in [6, 6.07) is 8.18. The fourth-order valence-electron chi connectivity index (χ4n) is 2.30. The molecule has 0 spiro atoms. The van der Waals surface area contributed by atoms with E-state index in [1.807, 2.05) is 0 Å². The minimum absolute atomic E-state index is 0.349. The van der Waals surface area contributed by atoms with Crippen molar-refractivity contribution in [2.45, 2.75) is 19.1 Å². The largest absolute Gasteiger partial charge is 0.386 e. The molecule has 2 aromatic heterocycles. The van der Waals surface area contributed by atoms with Crippen LogP contribution in [0.5, 0.6) is 0 Å². The van der Waals surface area contributed by atoms with Crippen LogP contribution in [0.1, 0.15) is 28.9 Å². The molecule has 7 nitrogen and oxygen atoms in total. The summed E-state index contributed by atoms with van der Waals surface area (Å²) in [7, 11) is 0. The zero-order valence-electron chi connectivity index (χ0n) is 13.4. The first-order valence-electron chi connectivity index (χ1n) is 7.60. The van der Waals surface area contributed by atoms with Crippen molar-refractivity contribution >= 4 is 5.91 Å². The maximum Gasteiger partial charge on any atom is 0.253 e. The average Bonchev–Trinajstić information content (AvgIpc) is 3.16. The third-order valence-corrected chi connectivity index (χ3v) is 3.71. The van der Waals surface area contributed by atoms with E-state index < -0.39 is 12.1 Å². The van der Waals surface area contributed by atoms with Crippen LogP contribution in [-0.2, 0) is 0 Å². The minimum atomic E-state index is -0.952. The molecule has 0 aliphatic carbocycles. The van der Waals surface area contributed by atoms with Crippen molar-refractivity contribution in [1.29, 1.82) is 0 Å². The zero-order valence-corrected chi connectivity index (χ0v) is 13.4. The van der Waals surface area contributed by atoms with Crippen LogP contribution in [0.15, 0.2) is 55.2 Å². The first kappa shape index (κ1) is 16.7. The van der Waals surface area contributed by atoms with E-state index in [1.165, 1.54) is 47.8 Å². The lowest BCUT2D eigenvalue weighted by Crippen LogP contribution is -2.37. The molecule has 0 fully saturated rings. The van der Waals surface area contributed by atoms with Crippen LogP contribution >= 0.6 is 0 Å². The van der Waals surface area contributed by atoms with Crippen molar-refractivity contribution in [3.63, 3.8) is 0 Å². The molecule has 128 valence electrons. The number of rotatable bonds is 5. The monoisotopic (exact) mass is 341 g/mol. The lowest BCUT2D eigenvalue weighted by atomic mass is 10.0. The maximum absolute atomic E-state index is 12.9. The highest BCUT2D eigenvalue weighted by atomic mass is 19.1. The van der Waals surface area contributed by atoms with Crippen molar-refractivity contribution in [3.8, 4) is 5.82 Å². The van der Waals surface area contributed by atoms with Crippen molar-refractivity contribution in [1.82, 2.24) is 25.1 Å². The third-order valence-electron chi connectivity index (χ3n) is 3.71. The van der Waals surface area contributed by atoms with Gasteiger partial charge >= 0.3 is 0 Å². The van der Waals surface area contributed by atoms with Crippen molar-refractivity contribution < 1.29 is 14.3 Å². The number of aliphatic hydroxyl groups excluding tert-OH is 1. The van der Waals surface area contributed by atoms with Crippen LogP contribution in [0.4, 0.5) is 4.39 Å². The standard InChI is InChI=1S/C17H16FN5O2/c1-11(16(24)12-2-5-14(18)6-3-12)22-17(25)13-4-7-15(20-8-13)23-10-19-9-21-23/h2-11,16,24H,1H3,(H,22,25). The second-order valence-electron chi connectivity index (χ2n) is 5.50. The van der Waals surface area contributed by atoms with E-state index in [9.17, 15) is 14.3 Å². The predicted octanol–water partition coefficient (Wildman–Crippen LogP) is 1.65. The highest BCUT2D eigenvalue weighted by molar-refractivity contribution is 5.94. The number of benzene rings is 1. The van der Waals surface area contributed by atoms with E-state index in [0.717, 1.165) is 0 Å². The molecular weight excluding hydrogens is 325 g/mol. The van der Waals surface area contributed by atoms with Gasteiger partial charge in [0.2, 0.25) is 0 Å². The fraction of sp³-hybridized carbons (Fsp3) is 0.176. The molecule has 0 bridgehead atoms. The van der Waals surface area contributed by atoms with E-state index >= 15 is 0 Å². The van der Waals surface area contributed by atoms with Gasteiger partial charge in [-0.25, -0.2) is 19.0 Å². The zero-order chi connectivity index (χ0) is 17.8. The number of carbonyl (C=O) groups is 1. The summed E-state index contributed by atoms with van der Waals surface area (Å²) in [5.74, 6) is -0.217. The number of aliphatic hydroxyl groups is 1. The normalized spacial score (nSPS) is 13.2. The maximum atomic E-state index is 12.9. The van der Waals surface area contributed by atoms with Crippen LogP contribution in [0.25, 0.3) is 5.82 Å². The van der Waals surface area contributed by atoms with E-state index in [0.29, 0.717) is 16.9 Å². The average molecular weight is 341 g/mol. The topological polar surface area (TPSA) is 92.9 Å². The van der Waals surface area contributed by atoms with Gasteiger partial charge in [-0.05, 0) is 36.8 Å². The number of nitrogens with zero attached hydrogens (tertiary/aromatic N) is 4. The number of hydrogen-bond acceptors (Lipinski definition) is 5. The van der Waals surface area contributed by atoms with Gasteiger partial charge in [0.25, 0.3) is 5.91 Å². The van der Waals surface area contributed by atoms with Crippen LogP contribution < -0.4 is 5.32 Å². The smallest absolute Gasteiger partial charge is 0.253 e. The van der Waals surface area contributed by atoms with Gasteiger partial charge in [0.15, 0.2) is 5.82 Å². The molecule has 25 heavy (non-hydrogen) atoms. The van der Waals surface area contributed by atoms with E-state index in [-0.39, 0.29) is 11.7 Å². The molecule has 0 saturated carbocycles. The number of halogens is 1. The summed E-state index contributed by atoms with van der Waals surface area (Å²) in [6.45, 7) is 1.67. The van der Waals surface area contributed by atoms with E-state index in [4.69, 9.17) is 0 Å². The Morgan fingerprint density at radius 1 is 1.24 bits per heavy atom. The Morgan fingerprint density at radius 3 is 2.60 bits per heavy atom. The Hall–Kier alpha value is -3.13. The molecule has 2 N–H and O–H groups in total. The molecule has 2 heterocycles. The number of pyridine rings is 1. The summed E-state index contributed by atoms with van der Waals surface area (Å²) >= 11 is 0. The van der Waals surface area contributed by atoms with Gasteiger partial charge < -0.3 is 10.4 Å². The first-order valence-corrected chi connectivity index (χ1v) is 7.60. The Morgan fingerprint density at radius 2 is 2.00 bits per heavy atom. The number of aromatic nitrogens is 4. The van der Waals surface area contributed by atoms with Crippen LogP contribution in [0.2, 0.25) is 0 Å². The fourth-order valence-corrected chi connectivity index (χ4v) is 2.30. The van der Waals surface area contributed by atoms with E-state index in [2.05, 4.69) is 20.4 Å².